The van der Waals surface area contributed by atoms with E-state index in [0.717, 1.165) is 18.4 Å². The van der Waals surface area contributed by atoms with Crippen LogP contribution in [0.3, 0.4) is 0 Å². The van der Waals surface area contributed by atoms with Crippen molar-refractivity contribution in [1.29, 1.82) is 0 Å². The van der Waals surface area contributed by atoms with Gasteiger partial charge in [-0.1, -0.05) is 18.9 Å². The Morgan fingerprint density at radius 2 is 2.27 bits per heavy atom. The van der Waals surface area contributed by atoms with Crippen molar-refractivity contribution >= 4 is 17.3 Å². The molecule has 2 N–H and O–H groups in total. The van der Waals surface area contributed by atoms with Crippen molar-refractivity contribution in [2.24, 2.45) is 10.9 Å². The van der Waals surface area contributed by atoms with Crippen molar-refractivity contribution in [3.8, 4) is 12.3 Å². The highest BCUT2D eigenvalue weighted by atomic mass is 32.1. The van der Waals surface area contributed by atoms with E-state index < -0.39 is 0 Å². The van der Waals surface area contributed by atoms with Crippen LogP contribution in [0.2, 0.25) is 0 Å². The summed E-state index contributed by atoms with van der Waals surface area (Å²) in [4.78, 5) is 8.22. The fourth-order valence-corrected chi connectivity index (χ4v) is 3.64. The van der Waals surface area contributed by atoms with E-state index in [2.05, 4.69) is 50.9 Å². The number of hydrogen-bond acceptors (Lipinski definition) is 3. The predicted molar refractivity (Wildman–Crippen MR) is 95.2 cm³/mol. The molecule has 1 unspecified atom stereocenters. The first kappa shape index (κ1) is 16.9. The van der Waals surface area contributed by atoms with Crippen LogP contribution in [0.1, 0.15) is 30.7 Å². The van der Waals surface area contributed by atoms with Gasteiger partial charge < -0.3 is 10.6 Å². The minimum atomic E-state index is 0.400. The summed E-state index contributed by atoms with van der Waals surface area (Å²) in [5, 5.41) is 8.68. The summed E-state index contributed by atoms with van der Waals surface area (Å²) in [5.74, 6) is 4.19. The average molecular weight is 318 g/mol. The molecule has 0 saturated carbocycles. The summed E-state index contributed by atoms with van der Waals surface area (Å²) in [5.41, 5.74) is 0. The van der Waals surface area contributed by atoms with Crippen LogP contribution in [0, 0.1) is 18.3 Å². The van der Waals surface area contributed by atoms with E-state index in [0.29, 0.717) is 12.6 Å². The first-order chi connectivity index (χ1) is 10.7. The van der Waals surface area contributed by atoms with Crippen LogP contribution in [-0.4, -0.2) is 44.1 Å². The topological polar surface area (TPSA) is 39.7 Å². The lowest BCUT2D eigenvalue weighted by Crippen LogP contribution is -2.45. The van der Waals surface area contributed by atoms with E-state index >= 15 is 0 Å². The number of thiophene rings is 1. The molecule has 1 atom stereocenters. The first-order valence-corrected chi connectivity index (χ1v) is 8.78. The lowest BCUT2D eigenvalue weighted by Gasteiger charge is -2.36. The van der Waals surface area contributed by atoms with E-state index in [1.165, 1.54) is 30.8 Å². The lowest BCUT2D eigenvalue weighted by molar-refractivity contribution is 0.140. The van der Waals surface area contributed by atoms with Crippen LogP contribution < -0.4 is 10.6 Å². The van der Waals surface area contributed by atoms with Crippen molar-refractivity contribution in [2.75, 3.05) is 33.2 Å². The summed E-state index contributed by atoms with van der Waals surface area (Å²) in [6.07, 6.45) is 7.86. The molecule has 120 valence electrons. The maximum atomic E-state index is 5.29. The van der Waals surface area contributed by atoms with Crippen molar-refractivity contribution in [2.45, 2.75) is 25.8 Å². The Hall–Kier alpha value is -1.51. The third-order valence-electron chi connectivity index (χ3n) is 4.17. The zero-order valence-electron chi connectivity index (χ0n) is 13.5. The number of hydrogen-bond donors (Lipinski definition) is 2. The van der Waals surface area contributed by atoms with Gasteiger partial charge in [0, 0.05) is 18.5 Å². The second-order valence-corrected chi connectivity index (χ2v) is 6.74. The Kier molecular flexibility index (Phi) is 6.75. The number of guanidine groups is 1. The SMILES string of the molecule is C#CCNC(=NC)NCC(c1cccs1)N1CCC(C)CC1. The zero-order valence-corrected chi connectivity index (χ0v) is 14.3. The second-order valence-electron chi connectivity index (χ2n) is 5.76. The maximum Gasteiger partial charge on any atom is 0.191 e. The van der Waals surface area contributed by atoms with E-state index in [1.54, 1.807) is 7.05 Å². The number of rotatable bonds is 5. The predicted octanol–water partition coefficient (Wildman–Crippen LogP) is 2.32. The van der Waals surface area contributed by atoms with Crippen molar-refractivity contribution < 1.29 is 0 Å². The molecule has 0 aliphatic carbocycles. The molecule has 1 saturated heterocycles. The van der Waals surface area contributed by atoms with Gasteiger partial charge in [0.1, 0.15) is 0 Å². The van der Waals surface area contributed by atoms with E-state index in [4.69, 9.17) is 6.42 Å². The molecule has 2 rings (SSSR count). The molecular weight excluding hydrogens is 292 g/mol. The Labute approximate surface area is 138 Å². The molecular formula is C17H26N4S. The fraction of sp³-hybridized carbons (Fsp3) is 0.588. The molecule has 0 spiro atoms. The summed E-state index contributed by atoms with van der Waals surface area (Å²) >= 11 is 1.83. The molecule has 5 heteroatoms. The van der Waals surface area contributed by atoms with Gasteiger partial charge in [0.2, 0.25) is 0 Å². The highest BCUT2D eigenvalue weighted by Crippen LogP contribution is 2.28. The van der Waals surface area contributed by atoms with Crippen LogP contribution in [0.25, 0.3) is 0 Å². The molecule has 0 amide bonds. The molecule has 0 bridgehead atoms. The minimum Gasteiger partial charge on any atom is -0.354 e. The van der Waals surface area contributed by atoms with Crippen LogP contribution >= 0.6 is 11.3 Å². The molecule has 0 radical (unpaired) electrons. The van der Waals surface area contributed by atoms with Gasteiger partial charge in [-0.3, -0.25) is 9.89 Å². The number of aliphatic imine (C=N–C) groups is 1. The van der Waals surface area contributed by atoms with Crippen LogP contribution in [-0.2, 0) is 0 Å². The second kappa shape index (κ2) is 8.82. The number of nitrogens with zero attached hydrogens (tertiary/aromatic N) is 2. The van der Waals surface area contributed by atoms with Gasteiger partial charge in [0.25, 0.3) is 0 Å². The highest BCUT2D eigenvalue weighted by Gasteiger charge is 2.25. The van der Waals surface area contributed by atoms with E-state index in [1.807, 2.05) is 11.3 Å². The van der Waals surface area contributed by atoms with Gasteiger partial charge >= 0.3 is 0 Å². The molecule has 4 nitrogen and oxygen atoms in total. The molecule has 1 aromatic heterocycles. The van der Waals surface area contributed by atoms with Gasteiger partial charge in [-0.2, -0.15) is 0 Å². The monoisotopic (exact) mass is 318 g/mol. The molecule has 1 aliphatic heterocycles. The van der Waals surface area contributed by atoms with Gasteiger partial charge in [-0.25, -0.2) is 0 Å². The van der Waals surface area contributed by atoms with Gasteiger partial charge in [0.15, 0.2) is 5.96 Å². The van der Waals surface area contributed by atoms with E-state index in [9.17, 15) is 0 Å². The van der Waals surface area contributed by atoms with E-state index in [-0.39, 0.29) is 0 Å². The highest BCUT2D eigenvalue weighted by molar-refractivity contribution is 7.10. The van der Waals surface area contributed by atoms with Crippen LogP contribution in [0.4, 0.5) is 0 Å². The smallest absolute Gasteiger partial charge is 0.191 e. The third kappa shape index (κ3) is 4.75. The van der Waals surface area contributed by atoms with Crippen molar-refractivity contribution in [1.82, 2.24) is 15.5 Å². The summed E-state index contributed by atoms with van der Waals surface area (Å²) in [6, 6.07) is 4.76. The minimum absolute atomic E-state index is 0.400. The zero-order chi connectivity index (χ0) is 15.8. The Balaban J connectivity index is 1.98. The standard InChI is InChI=1S/C17H26N4S/c1-4-9-19-17(18-3)20-13-15(16-6-5-12-22-16)21-10-7-14(2)8-11-21/h1,5-6,12,14-15H,7-11,13H2,2-3H3,(H2,18,19,20). The molecule has 22 heavy (non-hydrogen) atoms. The molecule has 1 fully saturated rings. The number of likely N-dealkylation sites (tertiary alicyclic amines) is 1. The summed E-state index contributed by atoms with van der Waals surface area (Å²) in [6.45, 7) is 6.02. The van der Waals surface area contributed by atoms with Gasteiger partial charge in [-0.05, 0) is 43.3 Å². The number of piperidine rings is 1. The molecule has 0 aromatic carbocycles. The molecule has 1 aromatic rings. The number of nitrogens with one attached hydrogen (secondary N) is 2. The third-order valence-corrected chi connectivity index (χ3v) is 5.15. The van der Waals surface area contributed by atoms with Gasteiger partial charge in [0.05, 0.1) is 12.6 Å². The Morgan fingerprint density at radius 1 is 1.50 bits per heavy atom. The Bertz CT molecular complexity index is 495. The average Bonchev–Trinajstić information content (AvgIpc) is 3.06. The normalized spacial score (nSPS) is 18.7. The lowest BCUT2D eigenvalue weighted by atomic mass is 9.97. The van der Waals surface area contributed by atoms with Crippen molar-refractivity contribution in [3.63, 3.8) is 0 Å². The summed E-state index contributed by atoms with van der Waals surface area (Å²) < 4.78 is 0. The van der Waals surface area contributed by atoms with Crippen LogP contribution in [0.15, 0.2) is 22.5 Å². The quantitative estimate of drug-likeness (QED) is 0.497. The van der Waals surface area contributed by atoms with Crippen molar-refractivity contribution in [3.05, 3.63) is 22.4 Å². The first-order valence-electron chi connectivity index (χ1n) is 7.90. The fourth-order valence-electron chi connectivity index (χ4n) is 2.78. The largest absolute Gasteiger partial charge is 0.354 e. The number of terminal acetylenes is 1. The molecule has 1 aliphatic rings. The molecule has 2 heterocycles. The van der Waals surface area contributed by atoms with Crippen LogP contribution in [0.5, 0.6) is 0 Å². The maximum absolute atomic E-state index is 5.29. The Morgan fingerprint density at radius 3 is 2.86 bits per heavy atom. The van der Waals surface area contributed by atoms with Gasteiger partial charge in [-0.15, -0.1) is 17.8 Å². The summed E-state index contributed by atoms with van der Waals surface area (Å²) in [7, 11) is 1.77.